The number of halogens is 2. The zero-order chi connectivity index (χ0) is 21.0. The molecule has 2 N–H and O–H groups in total. The van der Waals surface area contributed by atoms with Gasteiger partial charge in [-0.2, -0.15) is 0 Å². The molecule has 2 heterocycles. The Hall–Kier alpha value is -2.60. The van der Waals surface area contributed by atoms with Crippen LogP contribution in [0.15, 0.2) is 71.2 Å². The van der Waals surface area contributed by atoms with Crippen LogP contribution >= 0.6 is 27.5 Å². The maximum atomic E-state index is 13.8. The number of anilines is 1. The Morgan fingerprint density at radius 3 is 2.63 bits per heavy atom. The summed E-state index contributed by atoms with van der Waals surface area (Å²) in [5, 5.41) is 13.4. The molecular weight excluding hydrogens is 464 g/mol. The summed E-state index contributed by atoms with van der Waals surface area (Å²) in [4.78, 5) is 18.7. The van der Waals surface area contributed by atoms with E-state index in [1.165, 1.54) is 0 Å². The van der Waals surface area contributed by atoms with Crippen molar-refractivity contribution < 1.29 is 9.90 Å². The third kappa shape index (κ3) is 2.73. The van der Waals surface area contributed by atoms with Gasteiger partial charge in [0, 0.05) is 37.2 Å². The molecule has 4 aromatic rings. The topological polar surface area (TPSA) is 56.3 Å². The van der Waals surface area contributed by atoms with E-state index in [2.05, 4.69) is 20.9 Å². The van der Waals surface area contributed by atoms with Crippen molar-refractivity contribution in [1.82, 2.24) is 4.98 Å². The Balaban J connectivity index is 1.74. The van der Waals surface area contributed by atoms with Gasteiger partial charge in [0.1, 0.15) is 0 Å². The Kier molecular flexibility index (Phi) is 4.51. The van der Waals surface area contributed by atoms with Gasteiger partial charge in [-0.1, -0.05) is 63.9 Å². The predicted octanol–water partition coefficient (Wildman–Crippen LogP) is 5.67. The van der Waals surface area contributed by atoms with Crippen LogP contribution in [0.4, 0.5) is 5.69 Å². The molecule has 1 atom stereocenters. The average Bonchev–Trinajstić information content (AvgIpc) is 3.17. The molecule has 1 aliphatic heterocycles. The van der Waals surface area contributed by atoms with Gasteiger partial charge in [0.2, 0.25) is 0 Å². The van der Waals surface area contributed by atoms with Crippen LogP contribution in [0.1, 0.15) is 22.4 Å². The van der Waals surface area contributed by atoms with Crippen LogP contribution in [0.25, 0.3) is 10.9 Å². The largest absolute Gasteiger partial charge is 0.372 e. The van der Waals surface area contributed by atoms with Crippen LogP contribution in [0, 0.1) is 6.92 Å². The minimum Gasteiger partial charge on any atom is -0.372 e. The summed E-state index contributed by atoms with van der Waals surface area (Å²) < 4.78 is 0.796. The number of nitrogens with one attached hydrogen (secondary N) is 1. The van der Waals surface area contributed by atoms with E-state index in [-0.39, 0.29) is 12.5 Å². The van der Waals surface area contributed by atoms with Crippen molar-refractivity contribution in [2.45, 2.75) is 19.1 Å². The molecule has 1 aliphatic rings. The highest BCUT2D eigenvalue weighted by atomic mass is 79.9. The Bertz CT molecular complexity index is 1320. The summed E-state index contributed by atoms with van der Waals surface area (Å²) in [5.74, 6) is -0.386. The van der Waals surface area contributed by atoms with Crippen LogP contribution in [0.3, 0.4) is 0 Å². The van der Waals surface area contributed by atoms with Crippen LogP contribution in [0.2, 0.25) is 5.02 Å². The fourth-order valence-corrected chi connectivity index (χ4v) is 4.95. The maximum Gasteiger partial charge on any atom is 0.268 e. The molecule has 0 radical (unpaired) electrons. The zero-order valence-electron chi connectivity index (χ0n) is 16.1. The number of rotatable bonds is 3. The lowest BCUT2D eigenvalue weighted by molar-refractivity contribution is -0.132. The van der Waals surface area contributed by atoms with E-state index in [0.29, 0.717) is 21.8 Å². The van der Waals surface area contributed by atoms with E-state index < -0.39 is 5.60 Å². The third-order valence-electron chi connectivity index (χ3n) is 5.74. The van der Waals surface area contributed by atoms with Gasteiger partial charge in [-0.05, 0) is 42.8 Å². The molecule has 5 rings (SSSR count). The van der Waals surface area contributed by atoms with Gasteiger partial charge in [0.15, 0.2) is 5.60 Å². The fraction of sp³-hybridized carbons (Fsp3) is 0.125. The summed E-state index contributed by atoms with van der Waals surface area (Å²) in [6.45, 7) is 2.16. The molecule has 0 aliphatic carbocycles. The van der Waals surface area contributed by atoms with Crippen molar-refractivity contribution in [1.29, 1.82) is 0 Å². The Morgan fingerprint density at radius 2 is 1.83 bits per heavy atom. The molecule has 1 aromatic heterocycles. The van der Waals surface area contributed by atoms with Gasteiger partial charge < -0.3 is 15.0 Å². The van der Waals surface area contributed by atoms with Crippen molar-refractivity contribution >= 4 is 50.0 Å². The quantitative estimate of drug-likeness (QED) is 0.396. The Labute approximate surface area is 187 Å². The first kappa shape index (κ1) is 19.4. The van der Waals surface area contributed by atoms with Crippen molar-refractivity contribution in [2.75, 3.05) is 4.90 Å². The van der Waals surface area contributed by atoms with Gasteiger partial charge >= 0.3 is 0 Å². The average molecular weight is 482 g/mol. The number of nitrogens with zero attached hydrogens (tertiary/aromatic N) is 1. The van der Waals surface area contributed by atoms with Crippen molar-refractivity contribution in [2.24, 2.45) is 0 Å². The summed E-state index contributed by atoms with van der Waals surface area (Å²) in [7, 11) is 0. The van der Waals surface area contributed by atoms with Crippen molar-refractivity contribution in [3.8, 4) is 0 Å². The van der Waals surface area contributed by atoms with Gasteiger partial charge in [0.05, 0.1) is 12.2 Å². The summed E-state index contributed by atoms with van der Waals surface area (Å²) in [6.07, 6.45) is 0. The molecular formula is C24H18BrClN2O2. The van der Waals surface area contributed by atoms with Gasteiger partial charge in [0.25, 0.3) is 5.91 Å². The van der Waals surface area contributed by atoms with Crippen LogP contribution in [-0.4, -0.2) is 16.0 Å². The summed E-state index contributed by atoms with van der Waals surface area (Å²) >= 11 is 9.86. The second-order valence-corrected chi connectivity index (χ2v) is 8.85. The molecule has 30 heavy (non-hydrogen) atoms. The minimum absolute atomic E-state index is 0.275. The SMILES string of the molecule is Cc1[nH]c2ccccc2c1[C@]1(O)C(=O)N(Cc2ccccc2Cl)c2ccc(Br)cc21. The predicted molar refractivity (Wildman–Crippen MR) is 123 cm³/mol. The number of aryl methyl sites for hydroxylation is 1. The highest BCUT2D eigenvalue weighted by Gasteiger charge is 2.53. The molecule has 0 fully saturated rings. The zero-order valence-corrected chi connectivity index (χ0v) is 18.5. The second kappa shape index (κ2) is 6.98. The smallest absolute Gasteiger partial charge is 0.268 e. The van der Waals surface area contributed by atoms with Gasteiger partial charge in [-0.15, -0.1) is 0 Å². The van der Waals surface area contributed by atoms with E-state index in [1.54, 1.807) is 11.0 Å². The summed E-state index contributed by atoms with van der Waals surface area (Å²) in [5.41, 5.74) is 2.48. The van der Waals surface area contributed by atoms with E-state index in [0.717, 1.165) is 26.6 Å². The number of fused-ring (bicyclic) bond motifs is 2. The first-order valence-electron chi connectivity index (χ1n) is 9.57. The second-order valence-electron chi connectivity index (χ2n) is 7.53. The number of carbonyl (C=O) groups is 1. The number of hydrogen-bond donors (Lipinski definition) is 2. The van der Waals surface area contributed by atoms with Crippen LogP contribution in [-0.2, 0) is 16.9 Å². The number of benzene rings is 3. The normalized spacial score (nSPS) is 18.3. The number of amides is 1. The number of carbonyl (C=O) groups excluding carboxylic acids is 1. The third-order valence-corrected chi connectivity index (χ3v) is 6.60. The number of aromatic amines is 1. The first-order valence-corrected chi connectivity index (χ1v) is 10.7. The van der Waals surface area contributed by atoms with E-state index in [9.17, 15) is 9.90 Å². The molecule has 0 saturated carbocycles. The number of hydrogen-bond acceptors (Lipinski definition) is 2. The number of aromatic nitrogens is 1. The van der Waals surface area contributed by atoms with E-state index in [1.807, 2.05) is 67.6 Å². The fourth-order valence-electron chi connectivity index (χ4n) is 4.39. The lowest BCUT2D eigenvalue weighted by atomic mass is 9.85. The number of para-hydroxylation sites is 1. The number of aliphatic hydroxyl groups is 1. The van der Waals surface area contributed by atoms with Crippen LogP contribution in [0.5, 0.6) is 0 Å². The van der Waals surface area contributed by atoms with Crippen molar-refractivity contribution in [3.05, 3.63) is 98.6 Å². The molecule has 1 amide bonds. The molecule has 4 nitrogen and oxygen atoms in total. The van der Waals surface area contributed by atoms with Gasteiger partial charge in [-0.3, -0.25) is 4.79 Å². The highest BCUT2D eigenvalue weighted by molar-refractivity contribution is 9.10. The molecule has 0 spiro atoms. The Morgan fingerprint density at radius 1 is 1.10 bits per heavy atom. The molecule has 3 aromatic carbocycles. The lowest BCUT2D eigenvalue weighted by Gasteiger charge is -2.24. The minimum atomic E-state index is -1.80. The van der Waals surface area contributed by atoms with E-state index >= 15 is 0 Å². The monoisotopic (exact) mass is 480 g/mol. The first-order chi connectivity index (χ1) is 14.4. The van der Waals surface area contributed by atoms with Crippen LogP contribution < -0.4 is 4.90 Å². The lowest BCUT2D eigenvalue weighted by Crippen LogP contribution is -2.41. The molecule has 0 bridgehead atoms. The molecule has 150 valence electrons. The molecule has 6 heteroatoms. The summed E-state index contributed by atoms with van der Waals surface area (Å²) in [6, 6.07) is 20.7. The van der Waals surface area contributed by atoms with E-state index in [4.69, 9.17) is 11.6 Å². The molecule has 0 unspecified atom stereocenters. The number of H-pyrrole nitrogens is 1. The van der Waals surface area contributed by atoms with Gasteiger partial charge in [-0.25, -0.2) is 0 Å². The molecule has 0 saturated heterocycles. The maximum absolute atomic E-state index is 13.8. The highest BCUT2D eigenvalue weighted by Crippen LogP contribution is 2.49. The standard InChI is InChI=1S/C24H18BrClN2O2/c1-14-22(17-7-3-5-9-20(17)27-14)24(30)18-12-16(25)10-11-21(18)28(23(24)29)13-15-6-2-4-8-19(15)26/h2-12,27,30H,13H2,1H3/t24-/m0/s1. The van der Waals surface area contributed by atoms with Crippen molar-refractivity contribution in [3.63, 3.8) is 0 Å².